The van der Waals surface area contributed by atoms with E-state index < -0.39 is 22.2 Å². The average Bonchev–Trinajstić information content (AvgIpc) is 2.59. The Morgan fingerprint density at radius 3 is 2.43 bits per heavy atom. The van der Waals surface area contributed by atoms with Gasteiger partial charge in [0, 0.05) is 18.6 Å². The molecule has 0 bridgehead atoms. The van der Waals surface area contributed by atoms with Crippen molar-refractivity contribution in [3.05, 3.63) is 53.2 Å². The summed E-state index contributed by atoms with van der Waals surface area (Å²) in [4.78, 5) is 15.4. The van der Waals surface area contributed by atoms with Crippen LogP contribution in [-0.2, 0) is 14.5 Å². The number of alkyl carbamates (subject to hydrolysis) is 1. The summed E-state index contributed by atoms with van der Waals surface area (Å²) >= 11 is 13.1. The Balaban J connectivity index is 2.08. The van der Waals surface area contributed by atoms with E-state index in [-0.39, 0.29) is 6.61 Å². The first kappa shape index (κ1) is 24.4. The van der Waals surface area contributed by atoms with Crippen molar-refractivity contribution in [2.75, 3.05) is 6.61 Å². The maximum Gasteiger partial charge on any atom is 0.408 e. The second-order valence-electron chi connectivity index (χ2n) is 9.17. The molecule has 0 radical (unpaired) electrons. The van der Waals surface area contributed by atoms with Crippen LogP contribution in [0.25, 0.3) is 0 Å². The first-order valence-electron chi connectivity index (χ1n) is 9.92. The van der Waals surface area contributed by atoms with Gasteiger partial charge in [0.1, 0.15) is 12.2 Å². The highest BCUT2D eigenvalue weighted by Crippen LogP contribution is 2.35. The summed E-state index contributed by atoms with van der Waals surface area (Å²) in [6.07, 6.45) is 6.87. The summed E-state index contributed by atoms with van der Waals surface area (Å²) in [6.45, 7) is 11.8. The number of halogens is 2. The second kappa shape index (κ2) is 9.48. The van der Waals surface area contributed by atoms with E-state index in [0.717, 1.165) is 5.56 Å². The normalized spacial score (nSPS) is 21.1. The molecule has 0 saturated carbocycles. The summed E-state index contributed by atoms with van der Waals surface area (Å²) in [5.41, 5.74) is -0.416. The summed E-state index contributed by atoms with van der Waals surface area (Å²) in [7, 11) is 0. The third-order valence-electron chi connectivity index (χ3n) is 4.28. The molecular formula is C22H31Cl2N3O3. The highest BCUT2D eigenvalue weighted by Gasteiger charge is 2.34. The molecule has 8 heteroatoms. The SMILES string of the molecule is CC(C)C[C@@](C)(COC1=CNC(Cl)(c2ccncc2)C=C1Cl)NC(=O)OC(C)(C)C. The van der Waals surface area contributed by atoms with E-state index >= 15 is 0 Å². The molecule has 6 nitrogen and oxygen atoms in total. The van der Waals surface area contributed by atoms with Gasteiger partial charge in [0.15, 0.2) is 10.8 Å². The smallest absolute Gasteiger partial charge is 0.408 e. The number of alkyl halides is 1. The predicted molar refractivity (Wildman–Crippen MR) is 120 cm³/mol. The molecule has 2 heterocycles. The molecule has 1 unspecified atom stereocenters. The van der Waals surface area contributed by atoms with E-state index in [4.69, 9.17) is 32.7 Å². The maximum absolute atomic E-state index is 12.3. The van der Waals surface area contributed by atoms with Crippen molar-refractivity contribution < 1.29 is 14.3 Å². The molecule has 2 atom stereocenters. The molecule has 1 aromatic heterocycles. The zero-order valence-corrected chi connectivity index (χ0v) is 19.9. The lowest BCUT2D eigenvalue weighted by Gasteiger charge is -2.34. The summed E-state index contributed by atoms with van der Waals surface area (Å²) in [5, 5.41) is 6.45. The molecular weight excluding hydrogens is 425 g/mol. The van der Waals surface area contributed by atoms with Crippen molar-refractivity contribution in [2.24, 2.45) is 5.92 Å². The average molecular weight is 456 g/mol. The standard InChI is InChI=1S/C22H31Cl2N3O3/c1-15(2)11-21(6,27-19(28)30-20(3,4)5)14-29-18-13-26-22(24,12-17(18)23)16-7-9-25-10-8-16/h7-10,12-13,15,26H,11,14H2,1-6H3,(H,27,28)/t21-,22?/m0/s1. The van der Waals surface area contributed by atoms with Gasteiger partial charge in [0.05, 0.1) is 10.6 Å². The molecule has 30 heavy (non-hydrogen) atoms. The fourth-order valence-corrected chi connectivity index (χ4v) is 3.85. The Kier molecular flexibility index (Phi) is 7.69. The Bertz CT molecular complexity index is 806. The Hall–Kier alpha value is -1.92. The van der Waals surface area contributed by atoms with Gasteiger partial charge >= 0.3 is 6.09 Å². The lowest BCUT2D eigenvalue weighted by atomic mass is 9.91. The number of dihydropyridines is 1. The molecule has 0 aromatic carbocycles. The minimum atomic E-state index is -0.983. The third-order valence-corrected chi connectivity index (χ3v) is 5.01. The molecule has 1 aromatic rings. The highest BCUT2D eigenvalue weighted by molar-refractivity contribution is 6.33. The van der Waals surface area contributed by atoms with Crippen LogP contribution in [0.1, 0.15) is 53.5 Å². The van der Waals surface area contributed by atoms with Gasteiger partial charge in [0.25, 0.3) is 0 Å². The largest absolute Gasteiger partial charge is 0.488 e. The van der Waals surface area contributed by atoms with Crippen LogP contribution >= 0.6 is 23.2 Å². The Morgan fingerprint density at radius 2 is 1.90 bits per heavy atom. The molecule has 2 rings (SSSR count). The number of rotatable bonds is 7. The van der Waals surface area contributed by atoms with Crippen LogP contribution in [0, 0.1) is 5.92 Å². The maximum atomic E-state index is 12.3. The van der Waals surface area contributed by atoms with Gasteiger partial charge in [-0.15, -0.1) is 0 Å². The molecule has 0 spiro atoms. The minimum Gasteiger partial charge on any atom is -0.488 e. The molecule has 0 aliphatic carbocycles. The van der Waals surface area contributed by atoms with Crippen molar-refractivity contribution in [2.45, 2.75) is 64.1 Å². The summed E-state index contributed by atoms with van der Waals surface area (Å²) < 4.78 is 11.4. The van der Waals surface area contributed by atoms with Gasteiger partial charge in [-0.3, -0.25) is 4.98 Å². The molecule has 166 valence electrons. The van der Waals surface area contributed by atoms with E-state index in [2.05, 4.69) is 29.5 Å². The number of amides is 1. The van der Waals surface area contributed by atoms with E-state index in [1.807, 2.05) is 39.8 Å². The van der Waals surface area contributed by atoms with E-state index in [9.17, 15) is 4.79 Å². The number of allylic oxidation sites excluding steroid dienone is 1. The molecule has 1 amide bonds. The fraction of sp³-hybridized carbons (Fsp3) is 0.545. The van der Waals surface area contributed by atoms with Crippen molar-refractivity contribution in [3.8, 4) is 0 Å². The third kappa shape index (κ3) is 7.10. The topological polar surface area (TPSA) is 72.5 Å². The lowest BCUT2D eigenvalue weighted by Crippen LogP contribution is -2.51. The van der Waals surface area contributed by atoms with Crippen LogP contribution < -0.4 is 10.6 Å². The molecule has 1 aliphatic rings. The fourth-order valence-electron chi connectivity index (χ4n) is 3.23. The van der Waals surface area contributed by atoms with Gasteiger partial charge < -0.3 is 20.1 Å². The second-order valence-corrected chi connectivity index (χ2v) is 10.2. The zero-order chi connectivity index (χ0) is 22.6. The summed E-state index contributed by atoms with van der Waals surface area (Å²) in [6, 6.07) is 3.62. The van der Waals surface area contributed by atoms with Crippen molar-refractivity contribution in [1.82, 2.24) is 15.6 Å². The molecule has 0 saturated heterocycles. The number of pyridine rings is 1. The van der Waals surface area contributed by atoms with Crippen molar-refractivity contribution >= 4 is 29.3 Å². The quantitative estimate of drug-likeness (QED) is 0.425. The number of hydrogen-bond acceptors (Lipinski definition) is 5. The van der Waals surface area contributed by atoms with Crippen LogP contribution in [0.2, 0.25) is 0 Å². The Morgan fingerprint density at radius 1 is 1.27 bits per heavy atom. The predicted octanol–water partition coefficient (Wildman–Crippen LogP) is 5.39. The number of aromatic nitrogens is 1. The number of nitrogens with one attached hydrogen (secondary N) is 2. The van der Waals surface area contributed by atoms with Crippen LogP contribution in [0.15, 0.2) is 47.6 Å². The number of nitrogens with zero attached hydrogens (tertiary/aromatic N) is 1. The van der Waals surface area contributed by atoms with Gasteiger partial charge in [-0.2, -0.15) is 0 Å². The first-order valence-corrected chi connectivity index (χ1v) is 10.7. The number of hydrogen-bond donors (Lipinski definition) is 2. The molecule has 0 fully saturated rings. The van der Waals surface area contributed by atoms with Gasteiger partial charge in [0.2, 0.25) is 0 Å². The van der Waals surface area contributed by atoms with Gasteiger partial charge in [-0.25, -0.2) is 4.79 Å². The van der Waals surface area contributed by atoms with Crippen LogP contribution in [0.4, 0.5) is 4.79 Å². The Labute approximate surface area is 189 Å². The number of carbonyl (C=O) groups is 1. The van der Waals surface area contributed by atoms with Crippen molar-refractivity contribution in [3.63, 3.8) is 0 Å². The lowest BCUT2D eigenvalue weighted by molar-refractivity contribution is 0.0369. The van der Waals surface area contributed by atoms with Crippen LogP contribution in [-0.4, -0.2) is 28.8 Å². The first-order chi connectivity index (χ1) is 13.8. The minimum absolute atomic E-state index is 0.215. The van der Waals surface area contributed by atoms with Crippen LogP contribution in [0.5, 0.6) is 0 Å². The van der Waals surface area contributed by atoms with Gasteiger partial charge in [-0.1, -0.05) is 37.0 Å². The number of ether oxygens (including phenoxy) is 2. The summed E-state index contributed by atoms with van der Waals surface area (Å²) in [5.74, 6) is 0.781. The highest BCUT2D eigenvalue weighted by atomic mass is 35.5. The van der Waals surface area contributed by atoms with E-state index in [0.29, 0.717) is 23.1 Å². The van der Waals surface area contributed by atoms with E-state index in [1.54, 1.807) is 24.7 Å². The molecule has 2 N–H and O–H groups in total. The zero-order valence-electron chi connectivity index (χ0n) is 18.4. The monoisotopic (exact) mass is 455 g/mol. The van der Waals surface area contributed by atoms with Crippen molar-refractivity contribution in [1.29, 1.82) is 0 Å². The van der Waals surface area contributed by atoms with Crippen LogP contribution in [0.3, 0.4) is 0 Å². The number of carbonyl (C=O) groups excluding carboxylic acids is 1. The van der Waals surface area contributed by atoms with Gasteiger partial charge in [-0.05, 0) is 63.8 Å². The van der Waals surface area contributed by atoms with E-state index in [1.165, 1.54) is 0 Å². The molecule has 1 aliphatic heterocycles.